The van der Waals surface area contributed by atoms with Crippen LogP contribution in [0.3, 0.4) is 0 Å². The van der Waals surface area contributed by atoms with Crippen LogP contribution in [0.1, 0.15) is 5.69 Å². The third-order valence-corrected chi connectivity index (χ3v) is 3.77. The summed E-state index contributed by atoms with van der Waals surface area (Å²) in [6.07, 6.45) is 0. The van der Waals surface area contributed by atoms with Crippen LogP contribution < -0.4 is 0 Å². The number of hydrogen-bond acceptors (Lipinski definition) is 2. The zero-order chi connectivity index (χ0) is 14.2. The first-order valence-corrected chi connectivity index (χ1v) is 7.04. The Hall–Kier alpha value is -2.74. The Morgan fingerprint density at radius 3 is 2.14 bits per heavy atom. The molecule has 0 aliphatic rings. The summed E-state index contributed by atoms with van der Waals surface area (Å²) in [5, 5.41) is 2.47. The number of aromatic nitrogens is 2. The van der Waals surface area contributed by atoms with Crippen LogP contribution in [-0.2, 0) is 0 Å². The van der Waals surface area contributed by atoms with Crippen molar-refractivity contribution in [3.8, 4) is 11.3 Å². The highest BCUT2D eigenvalue weighted by atomic mass is 14.8. The van der Waals surface area contributed by atoms with Gasteiger partial charge in [-0.25, -0.2) is 9.97 Å². The van der Waals surface area contributed by atoms with E-state index in [0.29, 0.717) is 0 Å². The lowest BCUT2D eigenvalue weighted by atomic mass is 10.0. The standard InChI is InChI=1S/C19H14N2/c1-13-19(21-18-9-5-4-8-17(18)20-13)16-11-10-14-6-2-3-7-15(14)12-16/h2-12H,1H3. The summed E-state index contributed by atoms with van der Waals surface area (Å²) in [6, 6.07) is 22.8. The lowest BCUT2D eigenvalue weighted by Gasteiger charge is -2.08. The number of hydrogen-bond donors (Lipinski definition) is 0. The van der Waals surface area contributed by atoms with E-state index in [1.54, 1.807) is 0 Å². The minimum atomic E-state index is 0.936. The van der Waals surface area contributed by atoms with E-state index in [0.717, 1.165) is 28.0 Å². The van der Waals surface area contributed by atoms with Crippen molar-refractivity contribution in [1.29, 1.82) is 0 Å². The Kier molecular flexibility index (Phi) is 2.68. The van der Waals surface area contributed by atoms with Crippen LogP contribution >= 0.6 is 0 Å². The SMILES string of the molecule is Cc1nc2ccccc2nc1-c1ccc2ccccc2c1. The molecule has 4 rings (SSSR count). The van der Waals surface area contributed by atoms with Gasteiger partial charge in [-0.1, -0.05) is 48.5 Å². The molecule has 0 unspecified atom stereocenters. The summed E-state index contributed by atoms with van der Waals surface area (Å²) in [4.78, 5) is 9.46. The normalized spacial score (nSPS) is 11.1. The van der Waals surface area contributed by atoms with Crippen molar-refractivity contribution in [3.05, 3.63) is 72.4 Å². The van der Waals surface area contributed by atoms with Crippen molar-refractivity contribution in [2.45, 2.75) is 6.92 Å². The van der Waals surface area contributed by atoms with Crippen LogP contribution in [0.15, 0.2) is 66.7 Å². The van der Waals surface area contributed by atoms with Gasteiger partial charge in [-0.05, 0) is 35.9 Å². The smallest absolute Gasteiger partial charge is 0.0922 e. The number of fused-ring (bicyclic) bond motifs is 2. The van der Waals surface area contributed by atoms with Gasteiger partial charge in [-0.2, -0.15) is 0 Å². The van der Waals surface area contributed by atoms with E-state index in [2.05, 4.69) is 47.4 Å². The molecule has 0 radical (unpaired) electrons. The molecule has 0 saturated heterocycles. The van der Waals surface area contributed by atoms with Crippen molar-refractivity contribution < 1.29 is 0 Å². The minimum Gasteiger partial charge on any atom is -0.249 e. The molecular weight excluding hydrogens is 256 g/mol. The van der Waals surface area contributed by atoms with Crippen LogP contribution in [0, 0.1) is 6.92 Å². The second kappa shape index (κ2) is 4.67. The van der Waals surface area contributed by atoms with Gasteiger partial charge in [0.25, 0.3) is 0 Å². The number of benzene rings is 3. The Labute approximate surface area is 123 Å². The molecule has 100 valence electrons. The maximum Gasteiger partial charge on any atom is 0.0922 e. The van der Waals surface area contributed by atoms with Crippen LogP contribution in [0.5, 0.6) is 0 Å². The van der Waals surface area contributed by atoms with Crippen molar-refractivity contribution in [2.75, 3.05) is 0 Å². The average Bonchev–Trinajstić information content (AvgIpc) is 2.54. The van der Waals surface area contributed by atoms with Crippen LogP contribution in [-0.4, -0.2) is 9.97 Å². The van der Waals surface area contributed by atoms with Gasteiger partial charge in [0.15, 0.2) is 0 Å². The molecule has 0 N–H and O–H groups in total. The molecule has 0 aliphatic carbocycles. The molecule has 0 fully saturated rings. The lowest BCUT2D eigenvalue weighted by Crippen LogP contribution is -1.94. The summed E-state index contributed by atoms with van der Waals surface area (Å²) < 4.78 is 0. The number of rotatable bonds is 1. The zero-order valence-electron chi connectivity index (χ0n) is 11.7. The maximum atomic E-state index is 4.79. The fourth-order valence-corrected chi connectivity index (χ4v) is 2.70. The lowest BCUT2D eigenvalue weighted by molar-refractivity contribution is 1.19. The topological polar surface area (TPSA) is 25.8 Å². The Morgan fingerprint density at radius 1 is 0.667 bits per heavy atom. The number of nitrogens with zero attached hydrogens (tertiary/aromatic N) is 2. The van der Waals surface area contributed by atoms with Gasteiger partial charge in [-0.3, -0.25) is 0 Å². The first kappa shape index (κ1) is 12.0. The highest BCUT2D eigenvalue weighted by molar-refractivity contribution is 5.88. The van der Waals surface area contributed by atoms with E-state index in [1.807, 2.05) is 31.2 Å². The highest BCUT2D eigenvalue weighted by Gasteiger charge is 2.08. The summed E-state index contributed by atoms with van der Waals surface area (Å²) >= 11 is 0. The minimum absolute atomic E-state index is 0.936. The molecule has 0 atom stereocenters. The fourth-order valence-electron chi connectivity index (χ4n) is 2.70. The van der Waals surface area contributed by atoms with Crippen LogP contribution in [0.25, 0.3) is 33.1 Å². The molecule has 0 bridgehead atoms. The van der Waals surface area contributed by atoms with E-state index >= 15 is 0 Å². The summed E-state index contributed by atoms with van der Waals surface area (Å²) in [5.74, 6) is 0. The summed E-state index contributed by atoms with van der Waals surface area (Å²) in [6.45, 7) is 2.02. The molecule has 21 heavy (non-hydrogen) atoms. The molecule has 2 nitrogen and oxygen atoms in total. The van der Waals surface area contributed by atoms with Crippen molar-refractivity contribution in [2.24, 2.45) is 0 Å². The van der Waals surface area contributed by atoms with E-state index in [9.17, 15) is 0 Å². The van der Waals surface area contributed by atoms with E-state index in [4.69, 9.17) is 4.98 Å². The second-order valence-corrected chi connectivity index (χ2v) is 5.21. The molecular formula is C19H14N2. The average molecular weight is 270 g/mol. The van der Waals surface area contributed by atoms with Gasteiger partial charge >= 0.3 is 0 Å². The Balaban J connectivity index is 1.96. The van der Waals surface area contributed by atoms with Crippen molar-refractivity contribution in [3.63, 3.8) is 0 Å². The van der Waals surface area contributed by atoms with Gasteiger partial charge in [0.1, 0.15) is 0 Å². The molecule has 1 aromatic heterocycles. The Morgan fingerprint density at radius 2 is 1.33 bits per heavy atom. The molecule has 0 amide bonds. The van der Waals surface area contributed by atoms with E-state index in [-0.39, 0.29) is 0 Å². The Bertz CT molecular complexity index is 958. The van der Waals surface area contributed by atoms with Gasteiger partial charge < -0.3 is 0 Å². The predicted octanol–water partition coefficient (Wildman–Crippen LogP) is 4.76. The quantitative estimate of drug-likeness (QED) is 0.498. The third kappa shape index (κ3) is 2.05. The number of para-hydroxylation sites is 2. The zero-order valence-corrected chi connectivity index (χ0v) is 11.7. The largest absolute Gasteiger partial charge is 0.249 e. The highest BCUT2D eigenvalue weighted by Crippen LogP contribution is 2.26. The summed E-state index contributed by atoms with van der Waals surface area (Å²) in [7, 11) is 0. The van der Waals surface area contributed by atoms with Gasteiger partial charge in [0, 0.05) is 5.56 Å². The van der Waals surface area contributed by atoms with Crippen molar-refractivity contribution >= 4 is 21.8 Å². The molecule has 0 saturated carbocycles. The molecule has 1 heterocycles. The maximum absolute atomic E-state index is 4.79. The van der Waals surface area contributed by atoms with Crippen LogP contribution in [0.4, 0.5) is 0 Å². The third-order valence-electron chi connectivity index (χ3n) is 3.77. The van der Waals surface area contributed by atoms with Crippen molar-refractivity contribution in [1.82, 2.24) is 9.97 Å². The second-order valence-electron chi connectivity index (χ2n) is 5.21. The monoisotopic (exact) mass is 270 g/mol. The first-order valence-electron chi connectivity index (χ1n) is 7.04. The fraction of sp³-hybridized carbons (Fsp3) is 0.0526. The van der Waals surface area contributed by atoms with Gasteiger partial charge in [-0.15, -0.1) is 0 Å². The van der Waals surface area contributed by atoms with E-state index in [1.165, 1.54) is 10.8 Å². The van der Waals surface area contributed by atoms with Gasteiger partial charge in [0.2, 0.25) is 0 Å². The summed E-state index contributed by atoms with van der Waals surface area (Å²) in [5.41, 5.74) is 4.92. The molecule has 0 spiro atoms. The molecule has 4 aromatic rings. The van der Waals surface area contributed by atoms with Gasteiger partial charge in [0.05, 0.1) is 22.4 Å². The number of aryl methyl sites for hydroxylation is 1. The van der Waals surface area contributed by atoms with Crippen LogP contribution in [0.2, 0.25) is 0 Å². The predicted molar refractivity (Wildman–Crippen MR) is 87.2 cm³/mol. The first-order chi connectivity index (χ1) is 10.3. The molecule has 2 heteroatoms. The molecule has 3 aromatic carbocycles. The van der Waals surface area contributed by atoms with E-state index < -0.39 is 0 Å². The molecule has 0 aliphatic heterocycles.